The number of ether oxygens (including phenoxy) is 1. The first-order valence-corrected chi connectivity index (χ1v) is 11.7. The highest BCUT2D eigenvalue weighted by Gasteiger charge is 2.44. The molecule has 0 aromatic rings. The molecule has 4 aliphatic rings. The Bertz CT molecular complexity index is 537. The summed E-state index contributed by atoms with van der Waals surface area (Å²) in [7, 11) is 1.86. The molecule has 4 fully saturated rings. The number of hydrazine groups is 1. The van der Waals surface area contributed by atoms with Crippen molar-refractivity contribution < 1.29 is 9.53 Å². The smallest absolute Gasteiger partial charge is 0.227 e. The van der Waals surface area contributed by atoms with Gasteiger partial charge in [-0.3, -0.25) is 15.5 Å². The summed E-state index contributed by atoms with van der Waals surface area (Å²) in [6, 6.07) is 1.30. The van der Waals surface area contributed by atoms with Crippen molar-refractivity contribution in [2.75, 3.05) is 13.7 Å². The Balaban J connectivity index is 1.25. The average Bonchev–Trinajstić information content (AvgIpc) is 3.13. The molecule has 1 amide bonds. The van der Waals surface area contributed by atoms with Gasteiger partial charge in [-0.15, -0.1) is 0 Å². The van der Waals surface area contributed by atoms with E-state index in [1.807, 2.05) is 7.11 Å². The van der Waals surface area contributed by atoms with Gasteiger partial charge in [-0.05, 0) is 77.0 Å². The molecule has 2 saturated heterocycles. The quantitative estimate of drug-likeness (QED) is 0.686. The standard InChI is InChI=1S/C22H40N4O2/c1-14-11-15(2)26-21(24-14)20(13-23-26)22(27)25-18-9-7-16(8-10-18)17-5-4-6-19(12-17)28-3/h14-21,23-24H,4-13H2,1-3H3,(H,25,27). The number of nitrogens with one attached hydrogen (secondary N) is 3. The average molecular weight is 393 g/mol. The zero-order valence-corrected chi connectivity index (χ0v) is 18.0. The third kappa shape index (κ3) is 4.40. The number of methoxy groups -OCH3 is 1. The first-order valence-electron chi connectivity index (χ1n) is 11.7. The Hall–Kier alpha value is -0.690. The van der Waals surface area contributed by atoms with Crippen LogP contribution in [0.15, 0.2) is 0 Å². The van der Waals surface area contributed by atoms with Gasteiger partial charge >= 0.3 is 0 Å². The van der Waals surface area contributed by atoms with Crippen LogP contribution >= 0.6 is 0 Å². The van der Waals surface area contributed by atoms with Gasteiger partial charge in [-0.25, -0.2) is 5.01 Å². The number of carbonyl (C=O) groups excluding carboxylic acids is 1. The fourth-order valence-electron chi connectivity index (χ4n) is 6.32. The van der Waals surface area contributed by atoms with Gasteiger partial charge < -0.3 is 10.1 Å². The van der Waals surface area contributed by atoms with Gasteiger partial charge in [0, 0.05) is 31.8 Å². The van der Waals surface area contributed by atoms with Crippen molar-refractivity contribution in [3.63, 3.8) is 0 Å². The van der Waals surface area contributed by atoms with Crippen LogP contribution in [0.2, 0.25) is 0 Å². The summed E-state index contributed by atoms with van der Waals surface area (Å²) in [6.07, 6.45) is 11.7. The summed E-state index contributed by atoms with van der Waals surface area (Å²) in [5, 5.41) is 9.28. The zero-order valence-electron chi connectivity index (χ0n) is 18.0. The van der Waals surface area contributed by atoms with E-state index in [1.165, 1.54) is 38.5 Å². The minimum Gasteiger partial charge on any atom is -0.381 e. The van der Waals surface area contributed by atoms with Crippen LogP contribution in [0, 0.1) is 17.8 Å². The van der Waals surface area contributed by atoms with Gasteiger partial charge in [0.15, 0.2) is 0 Å². The normalized spacial score (nSPS) is 44.8. The van der Waals surface area contributed by atoms with Crippen molar-refractivity contribution in [2.24, 2.45) is 17.8 Å². The minimum absolute atomic E-state index is 0.00345. The Labute approximate surface area is 170 Å². The van der Waals surface area contributed by atoms with E-state index >= 15 is 0 Å². The highest BCUT2D eigenvalue weighted by molar-refractivity contribution is 5.80. The molecule has 6 nitrogen and oxygen atoms in total. The van der Waals surface area contributed by atoms with E-state index in [-0.39, 0.29) is 18.0 Å². The van der Waals surface area contributed by atoms with E-state index in [0.717, 1.165) is 37.6 Å². The molecule has 3 N–H and O–H groups in total. The first kappa shape index (κ1) is 20.6. The molecule has 0 spiro atoms. The van der Waals surface area contributed by atoms with Crippen LogP contribution in [0.3, 0.4) is 0 Å². The van der Waals surface area contributed by atoms with Gasteiger partial charge in [-0.1, -0.05) is 6.42 Å². The van der Waals surface area contributed by atoms with Crippen LogP contribution in [0.4, 0.5) is 0 Å². The van der Waals surface area contributed by atoms with E-state index < -0.39 is 0 Å². The monoisotopic (exact) mass is 392 g/mol. The molecular formula is C22H40N4O2. The Morgan fingerprint density at radius 2 is 1.82 bits per heavy atom. The second-order valence-corrected chi connectivity index (χ2v) is 9.88. The van der Waals surface area contributed by atoms with Crippen molar-refractivity contribution in [1.29, 1.82) is 0 Å². The van der Waals surface area contributed by atoms with E-state index in [2.05, 4.69) is 34.9 Å². The second-order valence-electron chi connectivity index (χ2n) is 9.88. The lowest BCUT2D eigenvalue weighted by Gasteiger charge is -2.41. The fourth-order valence-corrected chi connectivity index (χ4v) is 6.32. The summed E-state index contributed by atoms with van der Waals surface area (Å²) >= 11 is 0. The number of amides is 1. The van der Waals surface area contributed by atoms with Crippen molar-refractivity contribution in [1.82, 2.24) is 21.1 Å². The molecular weight excluding hydrogens is 352 g/mol. The van der Waals surface area contributed by atoms with Gasteiger partial charge in [-0.2, -0.15) is 0 Å². The molecule has 2 heterocycles. The van der Waals surface area contributed by atoms with Crippen LogP contribution in [-0.2, 0) is 9.53 Å². The highest BCUT2D eigenvalue weighted by atomic mass is 16.5. The van der Waals surface area contributed by atoms with Crippen molar-refractivity contribution >= 4 is 5.91 Å². The third-order valence-electron chi connectivity index (χ3n) is 7.92. The molecule has 2 saturated carbocycles. The lowest BCUT2D eigenvalue weighted by atomic mass is 9.71. The zero-order chi connectivity index (χ0) is 19.7. The maximum absolute atomic E-state index is 13.0. The molecule has 6 unspecified atom stereocenters. The molecule has 2 aliphatic carbocycles. The van der Waals surface area contributed by atoms with Crippen LogP contribution in [-0.4, -0.2) is 55.0 Å². The van der Waals surface area contributed by atoms with Gasteiger partial charge in [0.2, 0.25) is 5.91 Å². The number of hydrogen-bond donors (Lipinski definition) is 3. The molecule has 2 aliphatic heterocycles. The van der Waals surface area contributed by atoms with Crippen molar-refractivity contribution in [3.05, 3.63) is 0 Å². The Morgan fingerprint density at radius 3 is 2.57 bits per heavy atom. The SMILES string of the molecule is COC1CCCC(C2CCC(NC(=O)C3CNN4C(C)CC(C)NC34)CC2)C1. The Morgan fingerprint density at radius 1 is 1.04 bits per heavy atom. The number of fused-ring (bicyclic) bond motifs is 1. The van der Waals surface area contributed by atoms with E-state index in [9.17, 15) is 4.79 Å². The third-order valence-corrected chi connectivity index (χ3v) is 7.92. The highest BCUT2D eigenvalue weighted by Crippen LogP contribution is 2.39. The van der Waals surface area contributed by atoms with Crippen LogP contribution in [0.25, 0.3) is 0 Å². The molecule has 0 bridgehead atoms. The molecule has 4 rings (SSSR count). The summed E-state index contributed by atoms with van der Waals surface area (Å²) < 4.78 is 5.63. The minimum atomic E-state index is 0.00345. The molecule has 6 heteroatoms. The predicted molar refractivity (Wildman–Crippen MR) is 110 cm³/mol. The lowest BCUT2D eigenvalue weighted by Crippen LogP contribution is -2.61. The van der Waals surface area contributed by atoms with Crippen molar-refractivity contribution in [3.8, 4) is 0 Å². The second kappa shape index (κ2) is 8.99. The van der Waals surface area contributed by atoms with Crippen molar-refractivity contribution in [2.45, 2.75) is 102 Å². The summed E-state index contributed by atoms with van der Waals surface area (Å²) in [4.78, 5) is 13.0. The van der Waals surface area contributed by atoms with E-state index in [4.69, 9.17) is 4.74 Å². The van der Waals surface area contributed by atoms with Crippen LogP contribution < -0.4 is 16.1 Å². The summed E-state index contributed by atoms with van der Waals surface area (Å²) in [6.45, 7) is 5.22. The Kier molecular flexibility index (Phi) is 6.60. The molecule has 0 aromatic carbocycles. The largest absolute Gasteiger partial charge is 0.381 e. The van der Waals surface area contributed by atoms with Crippen LogP contribution in [0.5, 0.6) is 0 Å². The molecule has 160 valence electrons. The number of rotatable bonds is 4. The first-order chi connectivity index (χ1) is 13.5. The fraction of sp³-hybridized carbons (Fsp3) is 0.955. The number of hydrogen-bond acceptors (Lipinski definition) is 5. The topological polar surface area (TPSA) is 65.6 Å². The van der Waals surface area contributed by atoms with E-state index in [1.54, 1.807) is 0 Å². The number of nitrogens with zero attached hydrogens (tertiary/aromatic N) is 1. The molecule has 28 heavy (non-hydrogen) atoms. The van der Waals surface area contributed by atoms with Gasteiger partial charge in [0.1, 0.15) is 0 Å². The predicted octanol–water partition coefficient (Wildman–Crippen LogP) is 2.40. The molecule has 0 aromatic heterocycles. The summed E-state index contributed by atoms with van der Waals surface area (Å²) in [5.41, 5.74) is 3.45. The van der Waals surface area contributed by atoms with E-state index in [0.29, 0.717) is 24.2 Å². The maximum atomic E-state index is 13.0. The summed E-state index contributed by atoms with van der Waals surface area (Å²) in [5.74, 6) is 1.90. The maximum Gasteiger partial charge on any atom is 0.227 e. The van der Waals surface area contributed by atoms with Crippen LogP contribution in [0.1, 0.15) is 71.6 Å². The molecule has 6 atom stereocenters. The molecule has 0 radical (unpaired) electrons. The lowest BCUT2D eigenvalue weighted by molar-refractivity contribution is -0.127. The number of carbonyl (C=O) groups is 1. The van der Waals surface area contributed by atoms with Gasteiger partial charge in [0.05, 0.1) is 18.2 Å². The van der Waals surface area contributed by atoms with Gasteiger partial charge in [0.25, 0.3) is 0 Å².